The molecule has 0 aromatic carbocycles. The van der Waals surface area contributed by atoms with Crippen LogP contribution in [0.1, 0.15) is 168 Å². The first-order chi connectivity index (χ1) is 26.9. The number of carbonyl (C=O) groups excluding carboxylic acids is 2. The van der Waals surface area contributed by atoms with Gasteiger partial charge in [0.1, 0.15) is 19.8 Å². The normalized spacial score (nSPS) is 14.6. The number of phosphoric acid groups is 1. The van der Waals surface area contributed by atoms with Crippen molar-refractivity contribution in [2.45, 2.75) is 180 Å². The van der Waals surface area contributed by atoms with E-state index in [1.807, 2.05) is 33.3 Å². The fourth-order valence-electron chi connectivity index (χ4n) is 5.70. The second-order valence-electron chi connectivity index (χ2n) is 15.9. The van der Waals surface area contributed by atoms with Crippen molar-refractivity contribution in [3.8, 4) is 0 Å². The smallest absolute Gasteiger partial charge is 0.306 e. The number of quaternary nitrogens is 1. The van der Waals surface area contributed by atoms with E-state index in [1.165, 1.54) is 83.5 Å². The third kappa shape index (κ3) is 40.1. The number of phosphoric ester groups is 1. The maximum absolute atomic E-state index is 12.7. The number of ether oxygens (including phenoxy) is 2. The Morgan fingerprint density at radius 3 is 1.80 bits per heavy atom. The Morgan fingerprint density at radius 1 is 0.661 bits per heavy atom. The third-order valence-corrected chi connectivity index (χ3v) is 10.2. The quantitative estimate of drug-likeness (QED) is 0.0161. The summed E-state index contributed by atoms with van der Waals surface area (Å²) in [6, 6.07) is 0. The predicted octanol–water partition coefficient (Wildman–Crippen LogP) is 10.6. The first-order valence-electron chi connectivity index (χ1n) is 22.0. The van der Waals surface area contributed by atoms with Crippen LogP contribution in [0.25, 0.3) is 0 Å². The van der Waals surface area contributed by atoms with Gasteiger partial charge in [0, 0.05) is 12.8 Å². The highest BCUT2D eigenvalue weighted by molar-refractivity contribution is 7.45. The molecule has 0 aliphatic heterocycles. The standard InChI is InChI=1S/C45H82NO9P/c1-6-8-10-12-14-16-18-20-22-24-26-28-30-32-36-44(48)52-40-43(41-54-56(50,51)53-39-38-46(3,4)5)55-45(49)37-33-35-42(47)34-31-29-27-25-23-21-19-17-15-13-11-9-7-2/h15,17,21,23,27,29,31,34,42-43,47H,6-14,16,18-20,22,24-26,28,30,32-33,35-41H2,1-5H3/b17-15-,23-21-,29-27-,34-31+/t42-,43+/m0/s1. The number of unbranched alkanes of at least 4 members (excludes halogenated alkanes) is 16. The number of allylic oxidation sites excluding steroid dienone is 7. The van der Waals surface area contributed by atoms with E-state index in [4.69, 9.17) is 18.5 Å². The number of hydrogen-bond acceptors (Lipinski definition) is 9. The lowest BCUT2D eigenvalue weighted by atomic mass is 10.0. The zero-order valence-electron chi connectivity index (χ0n) is 36.2. The van der Waals surface area contributed by atoms with Crippen LogP contribution in [0.2, 0.25) is 0 Å². The van der Waals surface area contributed by atoms with Gasteiger partial charge in [-0.1, -0.05) is 159 Å². The van der Waals surface area contributed by atoms with Gasteiger partial charge in [-0.2, -0.15) is 0 Å². The van der Waals surface area contributed by atoms with Crippen molar-refractivity contribution in [1.29, 1.82) is 0 Å². The van der Waals surface area contributed by atoms with Gasteiger partial charge in [0.25, 0.3) is 7.82 Å². The van der Waals surface area contributed by atoms with E-state index in [9.17, 15) is 24.2 Å². The lowest BCUT2D eigenvalue weighted by Gasteiger charge is -2.28. The number of rotatable bonds is 39. The minimum absolute atomic E-state index is 0.00286. The van der Waals surface area contributed by atoms with Crippen molar-refractivity contribution >= 4 is 19.8 Å². The molecule has 0 fully saturated rings. The Morgan fingerprint density at radius 2 is 1.20 bits per heavy atom. The molecule has 3 atom stereocenters. The maximum Gasteiger partial charge on any atom is 0.306 e. The fourth-order valence-corrected chi connectivity index (χ4v) is 6.43. The van der Waals surface area contributed by atoms with Crippen LogP contribution in [0.3, 0.4) is 0 Å². The predicted molar refractivity (Wildman–Crippen MR) is 228 cm³/mol. The molecule has 0 aliphatic carbocycles. The Bertz CT molecular complexity index is 1120. The van der Waals surface area contributed by atoms with Gasteiger partial charge < -0.3 is 33.0 Å². The largest absolute Gasteiger partial charge is 0.756 e. The highest BCUT2D eigenvalue weighted by Gasteiger charge is 2.22. The fraction of sp³-hybridized carbons (Fsp3) is 0.778. The van der Waals surface area contributed by atoms with Crippen LogP contribution in [-0.4, -0.2) is 81.2 Å². The first-order valence-corrected chi connectivity index (χ1v) is 23.4. The van der Waals surface area contributed by atoms with E-state index in [0.717, 1.165) is 38.5 Å². The summed E-state index contributed by atoms with van der Waals surface area (Å²) in [6.07, 6.45) is 38.8. The minimum Gasteiger partial charge on any atom is -0.756 e. The molecule has 0 saturated heterocycles. The number of aliphatic hydroxyl groups is 1. The Balaban J connectivity index is 4.57. The van der Waals surface area contributed by atoms with Gasteiger partial charge in [-0.25, -0.2) is 0 Å². The molecule has 0 aromatic rings. The summed E-state index contributed by atoms with van der Waals surface area (Å²) in [5.74, 6) is -1.04. The number of nitrogens with zero attached hydrogens (tertiary/aromatic N) is 1. The number of likely N-dealkylation sites (N-methyl/N-ethyl adjacent to an activating group) is 1. The third-order valence-electron chi connectivity index (χ3n) is 9.21. The van der Waals surface area contributed by atoms with Gasteiger partial charge in [-0.15, -0.1) is 0 Å². The van der Waals surface area contributed by atoms with Crippen molar-refractivity contribution in [3.05, 3.63) is 48.6 Å². The van der Waals surface area contributed by atoms with Crippen molar-refractivity contribution in [2.75, 3.05) is 47.5 Å². The molecule has 0 heterocycles. The SMILES string of the molecule is CCCCC/C=C\C/C=C\C/C=C\C=C\[C@H](O)CCCC(=O)O[C@H](COC(=O)CCCCCCCCCCCCCCCC)COP(=O)([O-])OCC[N+](C)(C)C. The summed E-state index contributed by atoms with van der Waals surface area (Å²) in [5.41, 5.74) is 0. The van der Waals surface area contributed by atoms with Gasteiger partial charge >= 0.3 is 11.9 Å². The molecule has 0 saturated carbocycles. The molecular formula is C45H82NO9P. The molecule has 0 spiro atoms. The number of esters is 2. The summed E-state index contributed by atoms with van der Waals surface area (Å²) >= 11 is 0. The Hall–Kier alpha value is -2.07. The molecule has 0 amide bonds. The lowest BCUT2D eigenvalue weighted by Crippen LogP contribution is -2.37. The summed E-state index contributed by atoms with van der Waals surface area (Å²) < 4.78 is 33.7. The highest BCUT2D eigenvalue weighted by Crippen LogP contribution is 2.38. The van der Waals surface area contributed by atoms with Crippen LogP contribution >= 0.6 is 7.82 Å². The molecule has 56 heavy (non-hydrogen) atoms. The summed E-state index contributed by atoms with van der Waals surface area (Å²) in [5, 5.41) is 10.3. The van der Waals surface area contributed by atoms with Crippen molar-refractivity contribution in [1.82, 2.24) is 0 Å². The molecule has 0 rings (SSSR count). The summed E-state index contributed by atoms with van der Waals surface area (Å²) in [7, 11) is 1.05. The highest BCUT2D eigenvalue weighted by atomic mass is 31.2. The molecule has 10 nitrogen and oxygen atoms in total. The minimum atomic E-state index is -4.68. The summed E-state index contributed by atoms with van der Waals surface area (Å²) in [4.78, 5) is 37.5. The van der Waals surface area contributed by atoms with E-state index in [1.54, 1.807) is 12.2 Å². The van der Waals surface area contributed by atoms with Crippen molar-refractivity contribution in [2.24, 2.45) is 0 Å². The average molecular weight is 812 g/mol. The van der Waals surface area contributed by atoms with Crippen LogP contribution in [0.15, 0.2) is 48.6 Å². The van der Waals surface area contributed by atoms with Gasteiger partial charge in [-0.05, 0) is 44.9 Å². The van der Waals surface area contributed by atoms with Crippen LogP contribution in [0.4, 0.5) is 0 Å². The molecule has 0 radical (unpaired) electrons. The van der Waals surface area contributed by atoms with Gasteiger partial charge in [0.05, 0.1) is 33.9 Å². The van der Waals surface area contributed by atoms with Crippen molar-refractivity contribution < 1.29 is 47.2 Å². The van der Waals surface area contributed by atoms with Crippen LogP contribution in [0, 0.1) is 0 Å². The zero-order chi connectivity index (χ0) is 41.6. The monoisotopic (exact) mass is 812 g/mol. The molecule has 0 aliphatic rings. The maximum atomic E-state index is 12.7. The average Bonchev–Trinajstić information content (AvgIpc) is 3.14. The second-order valence-corrected chi connectivity index (χ2v) is 17.3. The lowest BCUT2D eigenvalue weighted by molar-refractivity contribution is -0.870. The molecule has 0 aromatic heterocycles. The van der Waals surface area contributed by atoms with Crippen molar-refractivity contribution in [3.63, 3.8) is 0 Å². The molecule has 0 bridgehead atoms. The van der Waals surface area contributed by atoms with E-state index < -0.39 is 38.6 Å². The topological polar surface area (TPSA) is 131 Å². The second kappa shape index (κ2) is 37.2. The molecule has 326 valence electrons. The van der Waals surface area contributed by atoms with E-state index in [-0.39, 0.29) is 26.1 Å². The Labute approximate surface area is 342 Å². The van der Waals surface area contributed by atoms with Crippen LogP contribution < -0.4 is 4.89 Å². The molecule has 1 N–H and O–H groups in total. The Kier molecular flexibility index (Phi) is 35.8. The van der Waals surface area contributed by atoms with Crippen LogP contribution in [-0.2, 0) is 32.7 Å². The van der Waals surface area contributed by atoms with E-state index in [0.29, 0.717) is 30.3 Å². The van der Waals surface area contributed by atoms with E-state index >= 15 is 0 Å². The van der Waals surface area contributed by atoms with Gasteiger partial charge in [-0.3, -0.25) is 14.2 Å². The number of hydrogen-bond donors (Lipinski definition) is 1. The molecular weight excluding hydrogens is 729 g/mol. The number of aliphatic hydroxyl groups excluding tert-OH is 1. The van der Waals surface area contributed by atoms with Gasteiger partial charge in [0.2, 0.25) is 0 Å². The molecule has 1 unspecified atom stereocenters. The van der Waals surface area contributed by atoms with Gasteiger partial charge in [0.15, 0.2) is 6.10 Å². The zero-order valence-corrected chi connectivity index (χ0v) is 37.1. The first kappa shape index (κ1) is 53.9. The number of carbonyl (C=O) groups is 2. The summed E-state index contributed by atoms with van der Waals surface area (Å²) in [6.45, 7) is 3.97. The molecule has 11 heteroatoms. The van der Waals surface area contributed by atoms with E-state index in [2.05, 4.69) is 38.2 Å². The van der Waals surface area contributed by atoms with Crippen LogP contribution in [0.5, 0.6) is 0 Å².